The number of aromatic nitrogens is 3. The molecule has 13 heteroatoms. The third-order valence-electron chi connectivity index (χ3n) is 5.39. The second-order valence-electron chi connectivity index (χ2n) is 7.55. The van der Waals surface area contributed by atoms with Crippen LogP contribution in [0.5, 0.6) is 0 Å². The van der Waals surface area contributed by atoms with Crippen molar-refractivity contribution in [1.29, 1.82) is 0 Å². The smallest absolute Gasteiger partial charge is 0.358 e. The molecule has 2 aromatic heterocycles. The van der Waals surface area contributed by atoms with Crippen LogP contribution in [0.2, 0.25) is 5.15 Å². The standard InChI is InChI=1S/C21H29ClN6O5S/c1-6-12-17(22)26-18(23-12)19(29)24-13-8-9-28(10-14(13)31-4)21-25-15(20(30)33-7-2)16(34-21)11(3)27-32-5/h13-14H,6-10H2,1-5H3,(H,23,26)(H,24,29)/b27-11-. The summed E-state index contributed by atoms with van der Waals surface area (Å²) in [7, 11) is 3.04. The summed E-state index contributed by atoms with van der Waals surface area (Å²) in [6.45, 7) is 6.72. The Kier molecular flexibility index (Phi) is 8.86. The molecule has 186 valence electrons. The lowest BCUT2D eigenvalue weighted by atomic mass is 10.0. The number of hydrogen-bond donors (Lipinski definition) is 2. The highest BCUT2D eigenvalue weighted by Crippen LogP contribution is 2.30. The molecule has 11 nitrogen and oxygen atoms in total. The molecule has 0 spiro atoms. The summed E-state index contributed by atoms with van der Waals surface area (Å²) < 4.78 is 10.8. The molecule has 0 saturated carbocycles. The fraction of sp³-hybridized carbons (Fsp3) is 0.571. The van der Waals surface area contributed by atoms with E-state index in [1.807, 2.05) is 11.8 Å². The summed E-state index contributed by atoms with van der Waals surface area (Å²) in [5.74, 6) is -0.676. The number of hydrogen-bond acceptors (Lipinski definition) is 10. The van der Waals surface area contributed by atoms with Crippen LogP contribution in [0.15, 0.2) is 5.16 Å². The number of nitrogens with one attached hydrogen (secondary N) is 2. The summed E-state index contributed by atoms with van der Waals surface area (Å²) in [6, 6.07) is -0.233. The zero-order valence-electron chi connectivity index (χ0n) is 19.8. The van der Waals surface area contributed by atoms with Crippen molar-refractivity contribution in [2.75, 3.05) is 38.8 Å². The van der Waals surface area contributed by atoms with Crippen molar-refractivity contribution in [1.82, 2.24) is 20.3 Å². The molecule has 2 N–H and O–H groups in total. The van der Waals surface area contributed by atoms with Crippen LogP contribution in [0.4, 0.5) is 5.13 Å². The minimum absolute atomic E-state index is 0.177. The van der Waals surface area contributed by atoms with Gasteiger partial charge in [0.15, 0.2) is 21.8 Å². The van der Waals surface area contributed by atoms with Gasteiger partial charge in [0.1, 0.15) is 7.11 Å². The van der Waals surface area contributed by atoms with Gasteiger partial charge >= 0.3 is 5.97 Å². The SMILES string of the molecule is CCOC(=O)c1nc(N2CCC(NC(=O)c3nc(Cl)c(CC)[nH]3)C(OC)C2)sc1/C(C)=N\OC. The lowest BCUT2D eigenvalue weighted by Gasteiger charge is -2.37. The average molecular weight is 513 g/mol. The summed E-state index contributed by atoms with van der Waals surface area (Å²) in [5.41, 5.74) is 1.45. The number of methoxy groups -OCH3 is 1. The predicted molar refractivity (Wildman–Crippen MR) is 129 cm³/mol. The molecule has 0 bridgehead atoms. The lowest BCUT2D eigenvalue weighted by molar-refractivity contribution is 0.0516. The Morgan fingerprint density at radius 3 is 2.71 bits per heavy atom. The molecule has 2 unspecified atom stereocenters. The van der Waals surface area contributed by atoms with Crippen LogP contribution in [0.1, 0.15) is 58.9 Å². The second kappa shape index (κ2) is 11.6. The van der Waals surface area contributed by atoms with Gasteiger partial charge in [0.2, 0.25) is 0 Å². The first-order valence-electron chi connectivity index (χ1n) is 10.9. The van der Waals surface area contributed by atoms with E-state index in [0.29, 0.717) is 52.5 Å². The van der Waals surface area contributed by atoms with Gasteiger partial charge in [-0.1, -0.05) is 35.0 Å². The lowest BCUT2D eigenvalue weighted by Crippen LogP contribution is -2.55. The van der Waals surface area contributed by atoms with Crippen molar-refractivity contribution in [3.8, 4) is 0 Å². The van der Waals surface area contributed by atoms with Crippen LogP contribution < -0.4 is 10.2 Å². The third-order valence-corrected chi connectivity index (χ3v) is 6.92. The number of piperidine rings is 1. The van der Waals surface area contributed by atoms with Crippen LogP contribution in [0, 0.1) is 0 Å². The van der Waals surface area contributed by atoms with Gasteiger partial charge in [-0.05, 0) is 26.7 Å². The number of esters is 1. The number of ether oxygens (including phenoxy) is 2. The van der Waals surface area contributed by atoms with Crippen molar-refractivity contribution in [3.63, 3.8) is 0 Å². The highest BCUT2D eigenvalue weighted by atomic mass is 35.5. The minimum atomic E-state index is -0.514. The number of carbonyl (C=O) groups excluding carboxylic acids is 2. The minimum Gasteiger partial charge on any atom is -0.461 e. The first kappa shape index (κ1) is 25.9. The maximum Gasteiger partial charge on any atom is 0.358 e. The molecule has 2 aromatic rings. The number of halogens is 1. The highest BCUT2D eigenvalue weighted by molar-refractivity contribution is 7.17. The monoisotopic (exact) mass is 512 g/mol. The van der Waals surface area contributed by atoms with Crippen molar-refractivity contribution >= 4 is 45.7 Å². The largest absolute Gasteiger partial charge is 0.461 e. The zero-order valence-corrected chi connectivity index (χ0v) is 21.4. The molecule has 1 aliphatic rings. The number of carbonyl (C=O) groups is 2. The molecule has 1 fully saturated rings. The molecule has 3 heterocycles. The van der Waals surface area contributed by atoms with E-state index >= 15 is 0 Å². The third kappa shape index (κ3) is 5.68. The number of thiazole rings is 1. The normalized spacial score (nSPS) is 18.6. The average Bonchev–Trinajstić information content (AvgIpc) is 3.43. The summed E-state index contributed by atoms with van der Waals surface area (Å²) in [6.07, 6.45) is 0.950. The molecule has 1 amide bonds. The Labute approximate surface area is 206 Å². The Hall–Kier alpha value is -2.70. The van der Waals surface area contributed by atoms with Gasteiger partial charge < -0.3 is 29.5 Å². The first-order valence-corrected chi connectivity index (χ1v) is 12.1. The van der Waals surface area contributed by atoms with Gasteiger partial charge in [0.05, 0.1) is 35.0 Å². The molecule has 34 heavy (non-hydrogen) atoms. The molecule has 0 aliphatic carbocycles. The molecule has 0 radical (unpaired) electrons. The number of oxime groups is 1. The van der Waals surface area contributed by atoms with Gasteiger partial charge in [-0.3, -0.25) is 4.79 Å². The van der Waals surface area contributed by atoms with E-state index < -0.39 is 5.97 Å². The van der Waals surface area contributed by atoms with Gasteiger partial charge in [-0.2, -0.15) is 0 Å². The Morgan fingerprint density at radius 2 is 2.09 bits per heavy atom. The number of anilines is 1. The Morgan fingerprint density at radius 1 is 1.32 bits per heavy atom. The van der Waals surface area contributed by atoms with Crippen LogP contribution in [-0.4, -0.2) is 78.6 Å². The fourth-order valence-electron chi connectivity index (χ4n) is 3.67. The fourth-order valence-corrected chi connectivity index (χ4v) is 4.96. The quantitative estimate of drug-likeness (QED) is 0.298. The van der Waals surface area contributed by atoms with E-state index in [2.05, 4.69) is 25.4 Å². The summed E-state index contributed by atoms with van der Waals surface area (Å²) >= 11 is 7.40. The first-order chi connectivity index (χ1) is 16.3. The van der Waals surface area contributed by atoms with E-state index in [9.17, 15) is 9.59 Å². The number of amides is 1. The maximum atomic E-state index is 12.7. The van der Waals surface area contributed by atoms with Gasteiger partial charge in [-0.25, -0.2) is 14.8 Å². The number of aryl methyl sites for hydroxylation is 1. The summed E-state index contributed by atoms with van der Waals surface area (Å²) in [4.78, 5) is 44.3. The molecule has 2 atom stereocenters. The van der Waals surface area contributed by atoms with E-state index in [4.69, 9.17) is 25.9 Å². The van der Waals surface area contributed by atoms with E-state index in [1.165, 1.54) is 18.4 Å². The van der Waals surface area contributed by atoms with Crippen LogP contribution in [0.3, 0.4) is 0 Å². The van der Waals surface area contributed by atoms with E-state index in [-0.39, 0.29) is 36.2 Å². The van der Waals surface area contributed by atoms with Gasteiger partial charge in [0, 0.05) is 20.2 Å². The molecular weight excluding hydrogens is 484 g/mol. The molecule has 3 rings (SSSR count). The molecule has 0 aromatic carbocycles. The number of H-pyrrole nitrogens is 1. The zero-order chi connectivity index (χ0) is 24.8. The van der Waals surface area contributed by atoms with Gasteiger partial charge in [-0.15, -0.1) is 0 Å². The van der Waals surface area contributed by atoms with Crippen molar-refractivity contribution in [3.05, 3.63) is 27.2 Å². The molecule has 1 aliphatic heterocycles. The van der Waals surface area contributed by atoms with Crippen molar-refractivity contribution in [2.24, 2.45) is 5.16 Å². The summed E-state index contributed by atoms with van der Waals surface area (Å²) in [5, 5.41) is 7.88. The Balaban J connectivity index is 1.76. The predicted octanol–water partition coefficient (Wildman–Crippen LogP) is 2.65. The van der Waals surface area contributed by atoms with Crippen molar-refractivity contribution < 1.29 is 23.9 Å². The molecule has 1 saturated heterocycles. The van der Waals surface area contributed by atoms with Gasteiger partial charge in [0.25, 0.3) is 5.91 Å². The second-order valence-corrected chi connectivity index (χ2v) is 8.89. The highest BCUT2D eigenvalue weighted by Gasteiger charge is 2.34. The van der Waals surface area contributed by atoms with Crippen LogP contribution in [-0.2, 0) is 20.7 Å². The Bertz CT molecular complexity index is 1050. The topological polar surface area (TPSA) is 131 Å². The number of rotatable bonds is 9. The maximum absolute atomic E-state index is 12.7. The number of aromatic amines is 1. The molecular formula is C21H29ClN6O5S. The van der Waals surface area contributed by atoms with E-state index in [1.54, 1.807) is 21.0 Å². The van der Waals surface area contributed by atoms with Crippen LogP contribution in [0.25, 0.3) is 0 Å². The van der Waals surface area contributed by atoms with Crippen LogP contribution >= 0.6 is 22.9 Å². The number of nitrogens with zero attached hydrogens (tertiary/aromatic N) is 4. The van der Waals surface area contributed by atoms with E-state index in [0.717, 1.165) is 0 Å². The van der Waals surface area contributed by atoms with Crippen molar-refractivity contribution in [2.45, 2.75) is 45.8 Å². The number of imidazole rings is 1.